The normalized spacial score (nSPS) is 16.7. The number of pyridine rings is 1. The minimum atomic E-state index is -0.481. The molecule has 0 atom stereocenters. The zero-order valence-electron chi connectivity index (χ0n) is 22.5. The minimum absolute atomic E-state index is 0.127. The smallest absolute Gasteiger partial charge is 0.256 e. The fourth-order valence-electron chi connectivity index (χ4n) is 6.09. The molecule has 0 aliphatic carbocycles. The van der Waals surface area contributed by atoms with E-state index in [0.29, 0.717) is 19.0 Å². The highest BCUT2D eigenvalue weighted by Gasteiger charge is 2.26. The standard InChI is InChI=1S/C32H35FN4O2/c1-39-30-7-3-2-6-25(30)28-21-35-31-26(28)19-24(20-34-31)23-8-9-29(33)27(18-23)32(38)37-16-11-22(12-17-37)10-15-36-13-4-5-14-36/h2-3,6-9,18-22H,4-5,10-17H2,1H3,(H,34,35). The summed E-state index contributed by atoms with van der Waals surface area (Å²) in [6.45, 7) is 4.98. The summed E-state index contributed by atoms with van der Waals surface area (Å²) in [5, 5.41) is 0.935. The average molecular weight is 527 g/mol. The van der Waals surface area contributed by atoms with E-state index in [1.807, 2.05) is 41.4 Å². The molecule has 0 bridgehead atoms. The molecule has 2 saturated heterocycles. The number of carbonyl (C=O) groups is 1. The van der Waals surface area contributed by atoms with E-state index in [1.54, 1.807) is 25.4 Å². The lowest BCUT2D eigenvalue weighted by atomic mass is 9.92. The Morgan fingerprint density at radius 1 is 1.03 bits per heavy atom. The molecule has 0 spiro atoms. The zero-order chi connectivity index (χ0) is 26.8. The van der Waals surface area contributed by atoms with Crippen LogP contribution in [0.4, 0.5) is 4.39 Å². The summed E-state index contributed by atoms with van der Waals surface area (Å²) in [5.74, 6) is 0.712. The topological polar surface area (TPSA) is 61.5 Å². The molecule has 202 valence electrons. The Labute approximate surface area is 228 Å². The number of amides is 1. The highest BCUT2D eigenvalue weighted by Crippen LogP contribution is 2.36. The zero-order valence-corrected chi connectivity index (χ0v) is 22.5. The van der Waals surface area contributed by atoms with Crippen molar-refractivity contribution in [3.05, 3.63) is 72.3 Å². The summed E-state index contributed by atoms with van der Waals surface area (Å²) in [7, 11) is 1.66. The molecule has 0 saturated carbocycles. The van der Waals surface area contributed by atoms with Crippen LogP contribution in [0.2, 0.25) is 0 Å². The number of aromatic nitrogens is 2. The number of carbonyl (C=O) groups excluding carboxylic acids is 1. The Kier molecular flexibility index (Phi) is 7.33. The van der Waals surface area contributed by atoms with E-state index in [-0.39, 0.29) is 11.5 Å². The van der Waals surface area contributed by atoms with Crippen molar-refractivity contribution >= 4 is 16.9 Å². The second-order valence-corrected chi connectivity index (χ2v) is 10.8. The molecule has 6 rings (SSSR count). The number of methoxy groups -OCH3 is 1. The molecule has 1 amide bonds. The van der Waals surface area contributed by atoms with E-state index in [4.69, 9.17) is 4.74 Å². The molecule has 2 aliphatic rings. The van der Waals surface area contributed by atoms with E-state index >= 15 is 0 Å². The van der Waals surface area contributed by atoms with Crippen LogP contribution in [0.1, 0.15) is 42.5 Å². The first kappa shape index (κ1) is 25.6. The van der Waals surface area contributed by atoms with Crippen molar-refractivity contribution in [2.45, 2.75) is 32.1 Å². The molecule has 0 radical (unpaired) electrons. The predicted octanol–water partition coefficient (Wildman–Crippen LogP) is 6.38. The number of hydrogen-bond donors (Lipinski definition) is 1. The predicted molar refractivity (Wildman–Crippen MR) is 152 cm³/mol. The maximum atomic E-state index is 14.9. The molecule has 39 heavy (non-hydrogen) atoms. The number of benzene rings is 2. The molecule has 1 N–H and O–H groups in total. The average Bonchev–Trinajstić information content (AvgIpc) is 3.66. The number of rotatable bonds is 7. The van der Waals surface area contributed by atoms with Crippen molar-refractivity contribution in [1.82, 2.24) is 19.8 Å². The van der Waals surface area contributed by atoms with Crippen LogP contribution in [0.5, 0.6) is 5.75 Å². The molecule has 4 heterocycles. The summed E-state index contributed by atoms with van der Waals surface area (Å²) in [6, 6.07) is 14.7. The molecular formula is C32H35FN4O2. The molecular weight excluding hydrogens is 491 g/mol. The Morgan fingerprint density at radius 3 is 2.62 bits per heavy atom. The lowest BCUT2D eigenvalue weighted by Gasteiger charge is -2.33. The fourth-order valence-corrected chi connectivity index (χ4v) is 6.09. The number of aromatic amines is 1. The first-order valence-electron chi connectivity index (χ1n) is 14.0. The van der Waals surface area contributed by atoms with Gasteiger partial charge in [0, 0.05) is 47.6 Å². The van der Waals surface area contributed by atoms with Gasteiger partial charge in [0.1, 0.15) is 17.2 Å². The molecule has 4 aromatic rings. The van der Waals surface area contributed by atoms with Gasteiger partial charge in [0.2, 0.25) is 0 Å². The van der Waals surface area contributed by atoms with Gasteiger partial charge < -0.3 is 19.5 Å². The van der Waals surface area contributed by atoms with Crippen LogP contribution in [0.3, 0.4) is 0 Å². The highest BCUT2D eigenvalue weighted by molar-refractivity contribution is 5.98. The summed E-state index contributed by atoms with van der Waals surface area (Å²) >= 11 is 0. The molecule has 0 unspecified atom stereocenters. The van der Waals surface area contributed by atoms with Gasteiger partial charge in [-0.15, -0.1) is 0 Å². The van der Waals surface area contributed by atoms with Crippen LogP contribution in [0, 0.1) is 11.7 Å². The number of hydrogen-bond acceptors (Lipinski definition) is 4. The second kappa shape index (κ2) is 11.2. The minimum Gasteiger partial charge on any atom is -0.496 e. The summed E-state index contributed by atoms with van der Waals surface area (Å²) in [5.41, 5.74) is 4.41. The van der Waals surface area contributed by atoms with Crippen molar-refractivity contribution in [1.29, 1.82) is 0 Å². The number of para-hydroxylation sites is 1. The van der Waals surface area contributed by atoms with Crippen LogP contribution in [-0.2, 0) is 0 Å². The van der Waals surface area contributed by atoms with Crippen LogP contribution >= 0.6 is 0 Å². The molecule has 2 aromatic carbocycles. The number of likely N-dealkylation sites (tertiary alicyclic amines) is 2. The third kappa shape index (κ3) is 5.28. The SMILES string of the molecule is COc1ccccc1-c1c[nH]c2ncc(-c3ccc(F)c(C(=O)N4CCC(CCN5CCCC5)CC4)c3)cc12. The number of H-pyrrole nitrogens is 1. The van der Waals surface area contributed by atoms with E-state index in [1.165, 1.54) is 38.4 Å². The van der Waals surface area contributed by atoms with Gasteiger partial charge in [-0.25, -0.2) is 9.37 Å². The van der Waals surface area contributed by atoms with Crippen molar-refractivity contribution in [2.24, 2.45) is 5.92 Å². The molecule has 7 heteroatoms. The highest BCUT2D eigenvalue weighted by atomic mass is 19.1. The second-order valence-electron chi connectivity index (χ2n) is 10.8. The summed E-state index contributed by atoms with van der Waals surface area (Å²) < 4.78 is 20.5. The third-order valence-electron chi connectivity index (χ3n) is 8.41. The Hall–Kier alpha value is -3.71. The summed E-state index contributed by atoms with van der Waals surface area (Å²) in [6.07, 6.45) is 9.48. The van der Waals surface area contributed by atoms with Gasteiger partial charge in [-0.05, 0) is 87.5 Å². The lowest BCUT2D eigenvalue weighted by Crippen LogP contribution is -2.39. The van der Waals surface area contributed by atoms with E-state index in [2.05, 4.69) is 14.9 Å². The van der Waals surface area contributed by atoms with E-state index in [0.717, 1.165) is 58.4 Å². The van der Waals surface area contributed by atoms with Crippen LogP contribution in [0.25, 0.3) is 33.3 Å². The molecule has 2 fully saturated rings. The van der Waals surface area contributed by atoms with Crippen molar-refractivity contribution in [2.75, 3.05) is 39.8 Å². The van der Waals surface area contributed by atoms with Gasteiger partial charge in [0.05, 0.1) is 12.7 Å². The maximum Gasteiger partial charge on any atom is 0.256 e. The first-order chi connectivity index (χ1) is 19.1. The van der Waals surface area contributed by atoms with Gasteiger partial charge in [-0.2, -0.15) is 0 Å². The Morgan fingerprint density at radius 2 is 1.82 bits per heavy atom. The largest absolute Gasteiger partial charge is 0.496 e. The van der Waals surface area contributed by atoms with Gasteiger partial charge in [0.15, 0.2) is 0 Å². The van der Waals surface area contributed by atoms with Crippen molar-refractivity contribution in [3.8, 4) is 28.0 Å². The number of halogens is 1. The number of nitrogens with zero attached hydrogens (tertiary/aromatic N) is 3. The maximum absolute atomic E-state index is 14.9. The molecule has 2 aromatic heterocycles. The van der Waals surface area contributed by atoms with Crippen LogP contribution in [-0.4, -0.2) is 65.5 Å². The lowest BCUT2D eigenvalue weighted by molar-refractivity contribution is 0.0677. The molecule has 2 aliphatic heterocycles. The Bertz CT molecular complexity index is 1470. The summed E-state index contributed by atoms with van der Waals surface area (Å²) in [4.78, 5) is 25.6. The van der Waals surface area contributed by atoms with E-state index < -0.39 is 5.82 Å². The quantitative estimate of drug-likeness (QED) is 0.303. The van der Waals surface area contributed by atoms with Gasteiger partial charge in [-0.3, -0.25) is 4.79 Å². The number of fused-ring (bicyclic) bond motifs is 1. The van der Waals surface area contributed by atoms with Gasteiger partial charge in [-0.1, -0.05) is 24.3 Å². The van der Waals surface area contributed by atoms with Gasteiger partial charge in [0.25, 0.3) is 5.91 Å². The van der Waals surface area contributed by atoms with Crippen molar-refractivity contribution < 1.29 is 13.9 Å². The number of ether oxygens (including phenoxy) is 1. The number of piperidine rings is 1. The van der Waals surface area contributed by atoms with Crippen LogP contribution < -0.4 is 4.74 Å². The number of nitrogens with one attached hydrogen (secondary N) is 1. The van der Waals surface area contributed by atoms with Crippen LogP contribution in [0.15, 0.2) is 60.9 Å². The van der Waals surface area contributed by atoms with Gasteiger partial charge >= 0.3 is 0 Å². The monoisotopic (exact) mass is 526 g/mol. The first-order valence-corrected chi connectivity index (χ1v) is 14.0. The van der Waals surface area contributed by atoms with Crippen molar-refractivity contribution in [3.63, 3.8) is 0 Å². The fraction of sp³-hybridized carbons (Fsp3) is 0.375. The third-order valence-corrected chi connectivity index (χ3v) is 8.41. The molecule has 6 nitrogen and oxygen atoms in total. The van der Waals surface area contributed by atoms with E-state index in [9.17, 15) is 9.18 Å². The Balaban J connectivity index is 1.20.